The first-order chi connectivity index (χ1) is 8.61. The maximum atomic E-state index is 13.7. The van der Waals surface area contributed by atoms with E-state index in [1.165, 1.54) is 17.8 Å². The molecule has 18 heavy (non-hydrogen) atoms. The fourth-order valence-electron chi connectivity index (χ4n) is 1.60. The lowest BCUT2D eigenvalue weighted by Gasteiger charge is -2.07. The van der Waals surface area contributed by atoms with Crippen LogP contribution in [0.1, 0.15) is 17.0 Å². The highest BCUT2D eigenvalue weighted by Crippen LogP contribution is 2.32. The Morgan fingerprint density at radius 1 is 1.39 bits per heavy atom. The minimum atomic E-state index is -0.231. The standard InChI is InChI=1S/C13H15FN2OS/c1-8-9(2)17-13(16-8)18-12-5-3-4-11(14)10(12)6-7-15/h3-5H,6-7,15H2,1-2H3. The molecule has 0 spiro atoms. The van der Waals surface area contributed by atoms with E-state index >= 15 is 0 Å². The summed E-state index contributed by atoms with van der Waals surface area (Å²) in [5, 5.41) is 0.536. The predicted molar refractivity (Wildman–Crippen MR) is 69.3 cm³/mol. The largest absolute Gasteiger partial charge is 0.436 e. The molecule has 2 N–H and O–H groups in total. The Hall–Kier alpha value is -1.33. The zero-order valence-corrected chi connectivity index (χ0v) is 11.2. The number of nitrogens with two attached hydrogens (primary N) is 1. The van der Waals surface area contributed by atoms with Crippen LogP contribution in [0.25, 0.3) is 0 Å². The SMILES string of the molecule is Cc1nc(Sc2cccc(F)c2CCN)oc1C. The highest BCUT2D eigenvalue weighted by atomic mass is 32.2. The second kappa shape index (κ2) is 5.54. The molecule has 0 amide bonds. The maximum Gasteiger partial charge on any atom is 0.261 e. The summed E-state index contributed by atoms with van der Waals surface area (Å²) in [7, 11) is 0. The lowest BCUT2D eigenvalue weighted by molar-refractivity contribution is 0.431. The summed E-state index contributed by atoms with van der Waals surface area (Å²) in [4.78, 5) is 5.09. The van der Waals surface area contributed by atoms with E-state index in [0.717, 1.165) is 16.3 Å². The Morgan fingerprint density at radius 2 is 2.17 bits per heavy atom. The molecule has 2 aromatic rings. The third-order valence-corrected chi connectivity index (χ3v) is 3.63. The third kappa shape index (κ3) is 2.73. The fourth-order valence-corrected chi connectivity index (χ4v) is 2.61. The van der Waals surface area contributed by atoms with E-state index in [1.807, 2.05) is 19.9 Å². The van der Waals surface area contributed by atoms with Gasteiger partial charge in [0.15, 0.2) is 0 Å². The van der Waals surface area contributed by atoms with Crippen LogP contribution in [0.15, 0.2) is 32.7 Å². The van der Waals surface area contributed by atoms with Crippen LogP contribution in [0.4, 0.5) is 4.39 Å². The van der Waals surface area contributed by atoms with Gasteiger partial charge in [0.25, 0.3) is 5.22 Å². The van der Waals surface area contributed by atoms with Gasteiger partial charge in [-0.3, -0.25) is 0 Å². The number of oxazole rings is 1. The molecule has 96 valence electrons. The van der Waals surface area contributed by atoms with Gasteiger partial charge in [-0.05, 0) is 50.7 Å². The molecule has 0 fully saturated rings. The summed E-state index contributed by atoms with van der Waals surface area (Å²) < 4.78 is 19.2. The van der Waals surface area contributed by atoms with Gasteiger partial charge in [-0.25, -0.2) is 9.37 Å². The first-order valence-electron chi connectivity index (χ1n) is 5.71. The minimum absolute atomic E-state index is 0.231. The average Bonchev–Trinajstić information content (AvgIpc) is 2.63. The van der Waals surface area contributed by atoms with Crippen LogP contribution < -0.4 is 5.73 Å². The normalized spacial score (nSPS) is 10.9. The molecule has 0 bridgehead atoms. The van der Waals surface area contributed by atoms with Crippen LogP contribution in [0, 0.1) is 19.7 Å². The van der Waals surface area contributed by atoms with E-state index in [9.17, 15) is 4.39 Å². The summed E-state index contributed by atoms with van der Waals surface area (Å²) in [6.45, 7) is 4.16. The number of benzene rings is 1. The zero-order valence-electron chi connectivity index (χ0n) is 10.4. The molecule has 0 saturated heterocycles. The Morgan fingerprint density at radius 3 is 2.78 bits per heavy atom. The van der Waals surface area contributed by atoms with Crippen LogP contribution in [-0.2, 0) is 6.42 Å². The highest BCUT2D eigenvalue weighted by Gasteiger charge is 2.13. The van der Waals surface area contributed by atoms with Gasteiger partial charge >= 0.3 is 0 Å². The second-order valence-corrected chi connectivity index (χ2v) is 4.97. The van der Waals surface area contributed by atoms with Gasteiger partial charge in [0.1, 0.15) is 11.6 Å². The summed E-state index contributed by atoms with van der Waals surface area (Å²) in [6, 6.07) is 4.98. The molecule has 0 aliphatic carbocycles. The first kappa shape index (κ1) is 13.1. The molecule has 1 heterocycles. The van der Waals surface area contributed by atoms with Crippen molar-refractivity contribution in [2.45, 2.75) is 30.4 Å². The van der Waals surface area contributed by atoms with E-state index in [4.69, 9.17) is 10.2 Å². The molecule has 0 aliphatic rings. The maximum absolute atomic E-state index is 13.7. The summed E-state index contributed by atoms with van der Waals surface area (Å²) in [6.07, 6.45) is 0.508. The lowest BCUT2D eigenvalue weighted by Crippen LogP contribution is -2.05. The van der Waals surface area contributed by atoms with Crippen molar-refractivity contribution in [1.29, 1.82) is 0 Å². The molecular weight excluding hydrogens is 251 g/mol. The van der Waals surface area contributed by atoms with Crippen molar-refractivity contribution in [1.82, 2.24) is 4.98 Å². The number of halogens is 1. The van der Waals surface area contributed by atoms with E-state index < -0.39 is 0 Å². The summed E-state index contributed by atoms with van der Waals surface area (Å²) in [5.74, 6) is 0.555. The molecule has 5 heteroatoms. The van der Waals surface area contributed by atoms with Gasteiger partial charge in [0.05, 0.1) is 5.69 Å². The summed E-state index contributed by atoms with van der Waals surface area (Å²) in [5.41, 5.74) is 6.98. The van der Waals surface area contributed by atoms with Crippen LogP contribution >= 0.6 is 11.8 Å². The first-order valence-corrected chi connectivity index (χ1v) is 6.53. The third-order valence-electron chi connectivity index (χ3n) is 2.68. The molecule has 1 aromatic heterocycles. The van der Waals surface area contributed by atoms with Crippen molar-refractivity contribution in [2.24, 2.45) is 5.73 Å². The van der Waals surface area contributed by atoms with Crippen LogP contribution in [0.3, 0.4) is 0 Å². The molecule has 0 unspecified atom stereocenters. The average molecular weight is 266 g/mol. The van der Waals surface area contributed by atoms with E-state index in [2.05, 4.69) is 4.98 Å². The molecule has 3 nitrogen and oxygen atoms in total. The van der Waals surface area contributed by atoms with Crippen molar-refractivity contribution < 1.29 is 8.81 Å². The van der Waals surface area contributed by atoms with Gasteiger partial charge in [-0.2, -0.15) is 0 Å². The van der Waals surface area contributed by atoms with Gasteiger partial charge < -0.3 is 10.2 Å². The number of nitrogens with zero attached hydrogens (tertiary/aromatic N) is 1. The van der Waals surface area contributed by atoms with Crippen molar-refractivity contribution in [2.75, 3.05) is 6.54 Å². The van der Waals surface area contributed by atoms with Crippen molar-refractivity contribution in [3.8, 4) is 0 Å². The molecule has 0 saturated carbocycles. The van der Waals surface area contributed by atoms with Gasteiger partial charge in [-0.15, -0.1) is 0 Å². The quantitative estimate of drug-likeness (QED) is 0.924. The van der Waals surface area contributed by atoms with E-state index in [0.29, 0.717) is 23.8 Å². The number of aryl methyl sites for hydroxylation is 2. The highest BCUT2D eigenvalue weighted by molar-refractivity contribution is 7.99. The topological polar surface area (TPSA) is 52.0 Å². The molecule has 0 aliphatic heterocycles. The van der Waals surface area contributed by atoms with E-state index in [-0.39, 0.29) is 5.82 Å². The fraction of sp³-hybridized carbons (Fsp3) is 0.308. The molecular formula is C13H15FN2OS. The smallest absolute Gasteiger partial charge is 0.261 e. The molecule has 1 aromatic carbocycles. The van der Waals surface area contributed by atoms with Crippen LogP contribution in [0.2, 0.25) is 0 Å². The Balaban J connectivity index is 2.30. The second-order valence-electron chi connectivity index (χ2n) is 3.98. The Labute approximate surface area is 110 Å². The van der Waals surface area contributed by atoms with Crippen LogP contribution in [-0.4, -0.2) is 11.5 Å². The van der Waals surface area contributed by atoms with Crippen molar-refractivity contribution in [3.05, 3.63) is 41.0 Å². The molecule has 0 atom stereocenters. The molecule has 2 rings (SSSR count). The van der Waals surface area contributed by atoms with E-state index in [1.54, 1.807) is 6.07 Å². The number of hydrogen-bond acceptors (Lipinski definition) is 4. The van der Waals surface area contributed by atoms with Gasteiger partial charge in [0.2, 0.25) is 0 Å². The van der Waals surface area contributed by atoms with Gasteiger partial charge in [0, 0.05) is 10.5 Å². The van der Waals surface area contributed by atoms with Crippen molar-refractivity contribution >= 4 is 11.8 Å². The van der Waals surface area contributed by atoms with Crippen molar-refractivity contribution in [3.63, 3.8) is 0 Å². The Bertz CT molecular complexity index is 534. The van der Waals surface area contributed by atoms with Crippen LogP contribution in [0.5, 0.6) is 0 Å². The lowest BCUT2D eigenvalue weighted by atomic mass is 10.1. The number of aromatic nitrogens is 1. The summed E-state index contributed by atoms with van der Waals surface area (Å²) >= 11 is 1.33. The monoisotopic (exact) mass is 266 g/mol. The Kier molecular flexibility index (Phi) is 4.04. The zero-order chi connectivity index (χ0) is 13.1. The molecule has 0 radical (unpaired) electrons. The number of rotatable bonds is 4. The van der Waals surface area contributed by atoms with Gasteiger partial charge in [-0.1, -0.05) is 6.07 Å². The number of hydrogen-bond donors (Lipinski definition) is 1. The predicted octanol–water partition coefficient (Wildman–Crippen LogP) is 3.08. The minimum Gasteiger partial charge on any atom is -0.436 e.